The topological polar surface area (TPSA) is 102 Å². The van der Waals surface area contributed by atoms with Gasteiger partial charge in [0.15, 0.2) is 0 Å². The number of carbonyl (C=O) groups excluding carboxylic acids is 2. The molecule has 2 amide bonds. The molecule has 138 valence electrons. The molecule has 25 heavy (non-hydrogen) atoms. The van der Waals surface area contributed by atoms with Crippen LogP contribution in [0.3, 0.4) is 0 Å². The molecule has 0 spiro atoms. The molecule has 1 N–H and O–H groups in total. The molecule has 8 nitrogen and oxygen atoms in total. The zero-order valence-corrected chi connectivity index (χ0v) is 15.4. The number of nitro groups is 1. The Morgan fingerprint density at radius 1 is 1.36 bits per heavy atom. The Hall–Kier alpha value is -2.35. The van der Waals surface area contributed by atoms with Crippen molar-refractivity contribution in [2.45, 2.75) is 33.3 Å². The highest BCUT2D eigenvalue weighted by atomic mass is 35.5. The van der Waals surface area contributed by atoms with E-state index in [4.69, 9.17) is 16.3 Å². The van der Waals surface area contributed by atoms with Crippen molar-refractivity contribution in [3.8, 4) is 0 Å². The second-order valence-corrected chi connectivity index (χ2v) is 6.67. The standard InChI is InChI=1S/C16H22ClN3O5/c1-5-19(15(22)25-16(2,3)4)9-8-18-14(21)12-10-11(17)6-7-13(12)20(23)24/h6-7,10H,5,8-9H2,1-4H3,(H,18,21). The normalized spacial score (nSPS) is 10.9. The van der Waals surface area contributed by atoms with Gasteiger partial charge in [0.25, 0.3) is 11.6 Å². The van der Waals surface area contributed by atoms with Gasteiger partial charge in [0.05, 0.1) is 4.92 Å². The molecule has 0 saturated carbocycles. The second-order valence-electron chi connectivity index (χ2n) is 6.23. The summed E-state index contributed by atoms with van der Waals surface area (Å²) in [5.41, 5.74) is -1.07. The van der Waals surface area contributed by atoms with Crippen molar-refractivity contribution in [1.82, 2.24) is 10.2 Å². The smallest absolute Gasteiger partial charge is 0.410 e. The van der Waals surface area contributed by atoms with Crippen molar-refractivity contribution in [2.24, 2.45) is 0 Å². The van der Waals surface area contributed by atoms with Crippen LogP contribution in [0.2, 0.25) is 5.02 Å². The molecule has 1 aromatic rings. The van der Waals surface area contributed by atoms with E-state index in [1.54, 1.807) is 27.7 Å². The predicted molar refractivity (Wildman–Crippen MR) is 93.9 cm³/mol. The van der Waals surface area contributed by atoms with Gasteiger partial charge in [-0.2, -0.15) is 0 Å². The molecule has 0 heterocycles. The van der Waals surface area contributed by atoms with Gasteiger partial charge in [-0.05, 0) is 39.8 Å². The quantitative estimate of drug-likeness (QED) is 0.611. The van der Waals surface area contributed by atoms with Gasteiger partial charge in [0.2, 0.25) is 0 Å². The average molecular weight is 372 g/mol. The summed E-state index contributed by atoms with van der Waals surface area (Å²) in [6.45, 7) is 7.81. The third-order valence-corrected chi connectivity index (χ3v) is 3.34. The van der Waals surface area contributed by atoms with Crippen LogP contribution in [0.4, 0.5) is 10.5 Å². The van der Waals surface area contributed by atoms with Crippen LogP contribution in [0.1, 0.15) is 38.1 Å². The van der Waals surface area contributed by atoms with E-state index in [0.717, 1.165) is 0 Å². The minimum absolute atomic E-state index is 0.121. The van der Waals surface area contributed by atoms with Crippen molar-refractivity contribution < 1.29 is 19.2 Å². The SMILES string of the molecule is CCN(CCNC(=O)c1cc(Cl)ccc1[N+](=O)[O-])C(=O)OC(C)(C)C. The fourth-order valence-corrected chi connectivity index (χ4v) is 2.13. The van der Waals surface area contributed by atoms with Gasteiger partial charge in [0, 0.05) is 30.7 Å². The van der Waals surface area contributed by atoms with E-state index >= 15 is 0 Å². The van der Waals surface area contributed by atoms with Crippen LogP contribution in [-0.2, 0) is 4.74 Å². The second kappa shape index (κ2) is 8.66. The van der Waals surface area contributed by atoms with Crippen LogP contribution in [0, 0.1) is 10.1 Å². The number of nitrogens with zero attached hydrogens (tertiary/aromatic N) is 2. The minimum atomic E-state index is -0.649. The Morgan fingerprint density at radius 2 is 2.00 bits per heavy atom. The summed E-state index contributed by atoms with van der Waals surface area (Å²) in [7, 11) is 0. The molecule has 0 fully saturated rings. The third kappa shape index (κ3) is 6.58. The van der Waals surface area contributed by atoms with E-state index in [2.05, 4.69) is 5.32 Å². The molecule has 0 aliphatic heterocycles. The molecular formula is C16H22ClN3O5. The number of rotatable bonds is 6. The molecular weight excluding hydrogens is 350 g/mol. The first kappa shape index (κ1) is 20.7. The number of carbonyl (C=O) groups is 2. The Bertz CT molecular complexity index is 658. The highest BCUT2D eigenvalue weighted by molar-refractivity contribution is 6.31. The summed E-state index contributed by atoms with van der Waals surface area (Å²) >= 11 is 5.80. The number of hydrogen-bond acceptors (Lipinski definition) is 5. The molecule has 0 atom stereocenters. The van der Waals surface area contributed by atoms with Crippen molar-refractivity contribution in [3.05, 3.63) is 38.9 Å². The predicted octanol–water partition coefficient (Wildman–Crippen LogP) is 3.24. The number of hydrogen-bond donors (Lipinski definition) is 1. The third-order valence-electron chi connectivity index (χ3n) is 3.10. The molecule has 0 unspecified atom stereocenters. The Labute approximate surface area is 151 Å². The van der Waals surface area contributed by atoms with Crippen molar-refractivity contribution in [3.63, 3.8) is 0 Å². The molecule has 0 aliphatic rings. The number of nitrogens with one attached hydrogen (secondary N) is 1. The van der Waals surface area contributed by atoms with E-state index in [0.29, 0.717) is 6.54 Å². The van der Waals surface area contributed by atoms with Crippen LogP contribution >= 0.6 is 11.6 Å². The van der Waals surface area contributed by atoms with E-state index in [1.165, 1.54) is 23.1 Å². The maximum Gasteiger partial charge on any atom is 0.410 e. The molecule has 9 heteroatoms. The van der Waals surface area contributed by atoms with Crippen LogP contribution in [0.5, 0.6) is 0 Å². The maximum atomic E-state index is 12.2. The number of likely N-dealkylation sites (N-methyl/N-ethyl adjacent to an activating group) is 1. The van der Waals surface area contributed by atoms with E-state index in [1.807, 2.05) is 0 Å². The number of nitro benzene ring substituents is 1. The van der Waals surface area contributed by atoms with Gasteiger partial charge in [-0.15, -0.1) is 0 Å². The lowest BCUT2D eigenvalue weighted by atomic mass is 10.1. The van der Waals surface area contributed by atoms with E-state index in [9.17, 15) is 19.7 Å². The van der Waals surface area contributed by atoms with Crippen LogP contribution in [0.15, 0.2) is 18.2 Å². The first-order valence-electron chi connectivity index (χ1n) is 7.75. The Morgan fingerprint density at radius 3 is 2.52 bits per heavy atom. The van der Waals surface area contributed by atoms with Crippen LogP contribution in [-0.4, -0.2) is 47.1 Å². The monoisotopic (exact) mass is 371 g/mol. The van der Waals surface area contributed by atoms with Gasteiger partial charge in [-0.25, -0.2) is 4.79 Å². The van der Waals surface area contributed by atoms with Gasteiger partial charge in [0.1, 0.15) is 11.2 Å². The molecule has 0 aromatic heterocycles. The highest BCUT2D eigenvalue weighted by Gasteiger charge is 2.22. The average Bonchev–Trinajstić information content (AvgIpc) is 2.49. The number of ether oxygens (including phenoxy) is 1. The Balaban J connectivity index is 2.69. The lowest BCUT2D eigenvalue weighted by Crippen LogP contribution is -2.41. The fraction of sp³-hybridized carbons (Fsp3) is 0.500. The molecule has 1 aromatic carbocycles. The van der Waals surface area contributed by atoms with Crippen LogP contribution < -0.4 is 5.32 Å². The summed E-state index contributed by atoms with van der Waals surface area (Å²) in [5, 5.41) is 13.8. The van der Waals surface area contributed by atoms with Crippen molar-refractivity contribution >= 4 is 29.3 Å². The van der Waals surface area contributed by atoms with E-state index in [-0.39, 0.29) is 29.4 Å². The molecule has 0 saturated heterocycles. The molecule has 0 bridgehead atoms. The Kier molecular flexibility index (Phi) is 7.17. The lowest BCUT2D eigenvalue weighted by Gasteiger charge is -2.26. The van der Waals surface area contributed by atoms with Gasteiger partial charge >= 0.3 is 6.09 Å². The molecule has 0 radical (unpaired) electrons. The summed E-state index contributed by atoms with van der Waals surface area (Å²) in [5.74, 6) is -0.630. The number of benzene rings is 1. The first-order valence-corrected chi connectivity index (χ1v) is 8.13. The summed E-state index contributed by atoms with van der Waals surface area (Å²) in [6, 6.07) is 3.76. The zero-order chi connectivity index (χ0) is 19.2. The van der Waals surface area contributed by atoms with Gasteiger partial charge in [-0.1, -0.05) is 11.6 Å². The maximum absolute atomic E-state index is 12.2. The largest absolute Gasteiger partial charge is 0.444 e. The summed E-state index contributed by atoms with van der Waals surface area (Å²) < 4.78 is 5.27. The summed E-state index contributed by atoms with van der Waals surface area (Å²) in [6.07, 6.45) is -0.488. The first-order chi connectivity index (χ1) is 11.5. The number of amides is 2. The van der Waals surface area contributed by atoms with Crippen molar-refractivity contribution in [1.29, 1.82) is 0 Å². The lowest BCUT2D eigenvalue weighted by molar-refractivity contribution is -0.385. The molecule has 0 aliphatic carbocycles. The van der Waals surface area contributed by atoms with Gasteiger partial charge in [-0.3, -0.25) is 14.9 Å². The molecule has 1 rings (SSSR count). The fourth-order valence-electron chi connectivity index (χ4n) is 1.95. The van der Waals surface area contributed by atoms with Gasteiger partial charge < -0.3 is 15.0 Å². The van der Waals surface area contributed by atoms with Crippen LogP contribution in [0.25, 0.3) is 0 Å². The highest BCUT2D eigenvalue weighted by Crippen LogP contribution is 2.22. The van der Waals surface area contributed by atoms with E-state index < -0.39 is 22.5 Å². The summed E-state index contributed by atoms with van der Waals surface area (Å²) in [4.78, 5) is 36.0. The zero-order valence-electron chi connectivity index (χ0n) is 14.7. The van der Waals surface area contributed by atoms with Crippen molar-refractivity contribution in [2.75, 3.05) is 19.6 Å². The number of halogens is 1. The minimum Gasteiger partial charge on any atom is -0.444 e.